The summed E-state index contributed by atoms with van der Waals surface area (Å²) in [6, 6.07) is 0. The molecule has 0 N–H and O–H groups in total. The van der Waals surface area contributed by atoms with E-state index >= 15 is 0 Å². The van der Waals surface area contributed by atoms with E-state index in [1.807, 2.05) is 0 Å². The number of esters is 1. The second kappa shape index (κ2) is 27.3. The van der Waals surface area contributed by atoms with E-state index in [2.05, 4.69) is 40.8 Å². The molecule has 0 saturated carbocycles. The summed E-state index contributed by atoms with van der Waals surface area (Å²) in [6.07, 6.45) is 8.85. The van der Waals surface area contributed by atoms with E-state index in [0.29, 0.717) is 98.9 Å². The summed E-state index contributed by atoms with van der Waals surface area (Å²) in [5.74, 6) is -0.134. The summed E-state index contributed by atoms with van der Waals surface area (Å²) < 4.78 is 44.2. The first-order chi connectivity index (χ1) is 19.2. The zero-order valence-electron chi connectivity index (χ0n) is 26.7. The first kappa shape index (κ1) is 39.4. The third-order valence-corrected chi connectivity index (χ3v) is 11.4. The fraction of sp³-hybridized carbons (Fsp3) is 0.967. The summed E-state index contributed by atoms with van der Waals surface area (Å²) in [5, 5.41) is 0.220. The highest BCUT2D eigenvalue weighted by atomic mass is 28.4. The second-order valence-corrected chi connectivity index (χ2v) is 16.2. The molecule has 40 heavy (non-hydrogen) atoms. The Hall–Kier alpha value is -0.593. The molecule has 10 heteroatoms. The molecule has 0 heterocycles. The molecule has 0 aromatic rings. The molecule has 0 bridgehead atoms. The summed E-state index contributed by atoms with van der Waals surface area (Å²) in [6.45, 7) is 20.5. The quantitative estimate of drug-likeness (QED) is 0.0582. The number of ether oxygens (including phenoxy) is 7. The van der Waals surface area contributed by atoms with E-state index in [0.717, 1.165) is 12.8 Å². The Morgan fingerprint density at radius 3 is 1.27 bits per heavy atom. The predicted octanol–water partition coefficient (Wildman–Crippen LogP) is 5.79. The Morgan fingerprint density at radius 1 is 0.525 bits per heavy atom. The highest BCUT2D eigenvalue weighted by Crippen LogP contribution is 2.36. The van der Waals surface area contributed by atoms with Gasteiger partial charge in [-0.05, 0) is 24.6 Å². The molecule has 0 fully saturated rings. The molecule has 0 aromatic heterocycles. The second-order valence-electron chi connectivity index (χ2n) is 11.4. The number of hydrogen-bond acceptors (Lipinski definition) is 9. The Balaban J connectivity index is 3.21. The van der Waals surface area contributed by atoms with Crippen molar-refractivity contribution in [2.75, 3.05) is 92.5 Å². The van der Waals surface area contributed by atoms with Gasteiger partial charge in [0.2, 0.25) is 0 Å². The molecule has 0 amide bonds. The molecule has 0 aliphatic heterocycles. The van der Waals surface area contributed by atoms with Crippen LogP contribution >= 0.6 is 0 Å². The van der Waals surface area contributed by atoms with Crippen molar-refractivity contribution >= 4 is 14.3 Å². The summed E-state index contributed by atoms with van der Waals surface area (Å²) in [4.78, 5) is 11.7. The van der Waals surface area contributed by atoms with Crippen LogP contribution in [0.2, 0.25) is 18.1 Å². The maximum absolute atomic E-state index is 11.7. The van der Waals surface area contributed by atoms with Crippen molar-refractivity contribution in [2.24, 2.45) is 0 Å². The van der Waals surface area contributed by atoms with E-state index in [1.165, 1.54) is 32.1 Å². The van der Waals surface area contributed by atoms with Crippen molar-refractivity contribution in [1.82, 2.24) is 0 Å². The van der Waals surface area contributed by atoms with Crippen molar-refractivity contribution in [2.45, 2.75) is 97.2 Å². The van der Waals surface area contributed by atoms with Gasteiger partial charge < -0.3 is 37.6 Å². The van der Waals surface area contributed by atoms with Gasteiger partial charge in [0.1, 0.15) is 6.61 Å². The fourth-order valence-corrected chi connectivity index (χ4v) is 4.31. The smallest absolute Gasteiger partial charge is 0.305 e. The van der Waals surface area contributed by atoms with Gasteiger partial charge in [-0.2, -0.15) is 0 Å². The van der Waals surface area contributed by atoms with Gasteiger partial charge in [-0.15, -0.1) is 0 Å². The van der Waals surface area contributed by atoms with Crippen molar-refractivity contribution in [1.29, 1.82) is 0 Å². The van der Waals surface area contributed by atoms with Gasteiger partial charge in [0.05, 0.1) is 85.9 Å². The average Bonchev–Trinajstić information content (AvgIpc) is 2.90. The Bertz CT molecular complexity index is 556. The lowest BCUT2D eigenvalue weighted by Gasteiger charge is -2.36. The fourth-order valence-electron chi connectivity index (χ4n) is 3.29. The number of hydrogen-bond donors (Lipinski definition) is 0. The molecule has 0 atom stereocenters. The minimum atomic E-state index is -1.69. The Morgan fingerprint density at radius 2 is 0.875 bits per heavy atom. The number of carbonyl (C=O) groups is 1. The highest BCUT2D eigenvalue weighted by molar-refractivity contribution is 6.74. The molecule has 240 valence electrons. The maximum Gasteiger partial charge on any atom is 0.305 e. The van der Waals surface area contributed by atoms with Gasteiger partial charge in [0.25, 0.3) is 0 Å². The van der Waals surface area contributed by atoms with Gasteiger partial charge in [0.15, 0.2) is 8.32 Å². The monoisotopic (exact) mass is 594 g/mol. The van der Waals surface area contributed by atoms with Crippen LogP contribution in [0.15, 0.2) is 0 Å². The summed E-state index contributed by atoms with van der Waals surface area (Å²) in [5.41, 5.74) is 0. The SMILES string of the molecule is CCCCCCCCCC(=O)OCCOCCOCCOCCOCCOCCOCCO[Si](C)(C)C(C)(C)C. The van der Waals surface area contributed by atoms with Crippen LogP contribution in [0.1, 0.15) is 79.1 Å². The van der Waals surface area contributed by atoms with Crippen LogP contribution in [-0.4, -0.2) is 107 Å². The summed E-state index contributed by atoms with van der Waals surface area (Å²) >= 11 is 0. The largest absolute Gasteiger partial charge is 0.463 e. The normalized spacial score (nSPS) is 12.2. The molecule has 0 saturated heterocycles. The van der Waals surface area contributed by atoms with Crippen LogP contribution < -0.4 is 0 Å². The minimum Gasteiger partial charge on any atom is -0.463 e. The molecular weight excluding hydrogens is 532 g/mol. The van der Waals surface area contributed by atoms with Crippen LogP contribution in [0.25, 0.3) is 0 Å². The summed E-state index contributed by atoms with van der Waals surface area (Å²) in [7, 11) is -1.69. The maximum atomic E-state index is 11.7. The van der Waals surface area contributed by atoms with E-state index in [-0.39, 0.29) is 11.0 Å². The van der Waals surface area contributed by atoms with Gasteiger partial charge in [-0.1, -0.05) is 66.2 Å². The van der Waals surface area contributed by atoms with Gasteiger partial charge in [-0.3, -0.25) is 4.79 Å². The van der Waals surface area contributed by atoms with Crippen molar-refractivity contribution < 1.29 is 42.4 Å². The van der Waals surface area contributed by atoms with E-state index in [4.69, 9.17) is 37.6 Å². The molecular formula is C30H62O9Si. The van der Waals surface area contributed by atoms with Crippen LogP contribution in [0.3, 0.4) is 0 Å². The molecule has 0 spiro atoms. The zero-order chi connectivity index (χ0) is 29.8. The highest BCUT2D eigenvalue weighted by Gasteiger charge is 2.36. The van der Waals surface area contributed by atoms with Gasteiger partial charge in [0, 0.05) is 6.42 Å². The molecule has 0 unspecified atom stereocenters. The lowest BCUT2D eigenvalue weighted by Crippen LogP contribution is -2.41. The first-order valence-corrected chi connectivity index (χ1v) is 18.4. The zero-order valence-corrected chi connectivity index (χ0v) is 27.7. The molecule has 9 nitrogen and oxygen atoms in total. The van der Waals surface area contributed by atoms with Crippen molar-refractivity contribution in [3.8, 4) is 0 Å². The Labute approximate surface area is 246 Å². The minimum absolute atomic E-state index is 0.134. The predicted molar refractivity (Wildman–Crippen MR) is 162 cm³/mol. The van der Waals surface area contributed by atoms with Crippen molar-refractivity contribution in [3.05, 3.63) is 0 Å². The number of rotatable bonds is 30. The number of unbranched alkanes of at least 4 members (excludes halogenated alkanes) is 6. The lowest BCUT2D eigenvalue weighted by molar-refractivity contribution is -0.145. The third-order valence-electron chi connectivity index (χ3n) is 6.83. The molecule has 0 aliphatic carbocycles. The van der Waals surface area contributed by atoms with Crippen LogP contribution in [0.4, 0.5) is 0 Å². The van der Waals surface area contributed by atoms with E-state index < -0.39 is 8.32 Å². The molecule has 0 aromatic carbocycles. The van der Waals surface area contributed by atoms with Gasteiger partial charge >= 0.3 is 5.97 Å². The van der Waals surface area contributed by atoms with Crippen LogP contribution in [0, 0.1) is 0 Å². The van der Waals surface area contributed by atoms with Crippen LogP contribution in [-0.2, 0) is 42.4 Å². The van der Waals surface area contributed by atoms with Gasteiger partial charge in [-0.25, -0.2) is 0 Å². The third kappa shape index (κ3) is 26.3. The lowest BCUT2D eigenvalue weighted by atomic mass is 10.1. The first-order valence-electron chi connectivity index (χ1n) is 15.5. The Kier molecular flexibility index (Phi) is 26.8. The molecule has 0 radical (unpaired) electrons. The molecule has 0 aliphatic rings. The molecule has 0 rings (SSSR count). The van der Waals surface area contributed by atoms with Crippen LogP contribution in [0.5, 0.6) is 0 Å². The topological polar surface area (TPSA) is 90.9 Å². The van der Waals surface area contributed by atoms with Crippen molar-refractivity contribution in [3.63, 3.8) is 0 Å². The van der Waals surface area contributed by atoms with E-state index in [9.17, 15) is 4.79 Å². The number of carbonyl (C=O) groups excluding carboxylic acids is 1. The average molecular weight is 595 g/mol. The standard InChI is InChI=1S/C30H62O9Si/c1-7-8-9-10-11-12-13-14-29(31)38-27-25-36-23-21-34-19-17-32-15-16-33-18-20-35-22-24-37-26-28-39-40(5,6)30(2,3)4/h7-28H2,1-6H3. The van der Waals surface area contributed by atoms with E-state index in [1.54, 1.807) is 0 Å².